The topological polar surface area (TPSA) is 12.0 Å². The van der Waals surface area contributed by atoms with Crippen molar-refractivity contribution in [3.8, 4) is 0 Å². The van der Waals surface area contributed by atoms with Crippen molar-refractivity contribution < 1.29 is 8.78 Å². The van der Waals surface area contributed by atoms with Crippen LogP contribution in [0.15, 0.2) is 0 Å². The lowest BCUT2D eigenvalue weighted by Crippen LogP contribution is -2.42. The number of nitrogens with one attached hydrogen (secondary N) is 1. The van der Waals surface area contributed by atoms with E-state index in [1.807, 2.05) is 0 Å². The third-order valence-corrected chi connectivity index (χ3v) is 2.89. The third kappa shape index (κ3) is 3.59. The van der Waals surface area contributed by atoms with Gasteiger partial charge in [-0.15, -0.1) is 0 Å². The van der Waals surface area contributed by atoms with E-state index in [-0.39, 0.29) is 0 Å². The molecule has 1 saturated carbocycles. The van der Waals surface area contributed by atoms with Crippen molar-refractivity contribution in [3.05, 3.63) is 0 Å². The fourth-order valence-corrected chi connectivity index (χ4v) is 1.87. The number of halogens is 2. The Bertz CT molecular complexity index is 142. The van der Waals surface area contributed by atoms with E-state index in [0.717, 1.165) is 18.8 Å². The van der Waals surface area contributed by atoms with Gasteiger partial charge in [0.15, 0.2) is 0 Å². The molecule has 1 fully saturated rings. The number of hydrogen-bond donors (Lipinski definition) is 1. The van der Waals surface area contributed by atoms with E-state index < -0.39 is 12.5 Å². The molecule has 1 nitrogen and oxygen atoms in total. The van der Waals surface area contributed by atoms with Crippen molar-refractivity contribution in [2.75, 3.05) is 0 Å². The maximum atomic E-state index is 12.2. The quantitative estimate of drug-likeness (QED) is 0.723. The molecule has 0 heterocycles. The normalized spacial score (nSPS) is 32.1. The average Bonchev–Trinajstić information content (AvgIpc) is 2.08. The van der Waals surface area contributed by atoms with E-state index in [2.05, 4.69) is 12.2 Å². The van der Waals surface area contributed by atoms with Gasteiger partial charge < -0.3 is 5.32 Å². The predicted octanol–water partition coefficient (Wildman–Crippen LogP) is 2.81. The highest BCUT2D eigenvalue weighted by atomic mass is 19.3. The first kappa shape index (κ1) is 10.9. The van der Waals surface area contributed by atoms with Crippen LogP contribution in [0.4, 0.5) is 8.78 Å². The van der Waals surface area contributed by atoms with E-state index in [1.54, 1.807) is 6.92 Å². The molecular weight excluding hydrogens is 172 g/mol. The highest BCUT2D eigenvalue weighted by molar-refractivity contribution is 4.78. The van der Waals surface area contributed by atoms with E-state index in [0.29, 0.717) is 6.04 Å². The van der Waals surface area contributed by atoms with Crippen LogP contribution in [0.3, 0.4) is 0 Å². The summed E-state index contributed by atoms with van der Waals surface area (Å²) in [5.41, 5.74) is 0. The van der Waals surface area contributed by atoms with Gasteiger partial charge in [0.05, 0.1) is 6.04 Å². The molecule has 0 aromatic rings. The van der Waals surface area contributed by atoms with Gasteiger partial charge in [-0.25, -0.2) is 8.78 Å². The van der Waals surface area contributed by atoms with Crippen molar-refractivity contribution in [3.63, 3.8) is 0 Å². The van der Waals surface area contributed by atoms with Crippen LogP contribution >= 0.6 is 0 Å². The summed E-state index contributed by atoms with van der Waals surface area (Å²) >= 11 is 0. The maximum Gasteiger partial charge on any atom is 0.253 e. The van der Waals surface area contributed by atoms with Gasteiger partial charge in [0, 0.05) is 6.04 Å². The molecule has 0 amide bonds. The molecule has 0 aromatic carbocycles. The van der Waals surface area contributed by atoms with Crippen molar-refractivity contribution in [2.24, 2.45) is 5.92 Å². The molecule has 1 aliphatic carbocycles. The first-order valence-corrected chi connectivity index (χ1v) is 5.13. The summed E-state index contributed by atoms with van der Waals surface area (Å²) in [6.07, 6.45) is 2.22. The minimum atomic E-state index is -2.24. The lowest BCUT2D eigenvalue weighted by Gasteiger charge is -2.29. The lowest BCUT2D eigenvalue weighted by atomic mass is 9.87. The molecule has 1 rings (SSSR count). The Kier molecular flexibility index (Phi) is 4.10. The molecular formula is C10H19F2N. The molecule has 1 N–H and O–H groups in total. The summed E-state index contributed by atoms with van der Waals surface area (Å²) < 4.78 is 24.4. The van der Waals surface area contributed by atoms with Crippen molar-refractivity contribution in [1.29, 1.82) is 0 Å². The van der Waals surface area contributed by atoms with Crippen LogP contribution in [0, 0.1) is 5.92 Å². The Morgan fingerprint density at radius 2 is 1.69 bits per heavy atom. The van der Waals surface area contributed by atoms with Crippen LogP contribution in [0.2, 0.25) is 0 Å². The second-order valence-corrected chi connectivity index (χ2v) is 4.25. The van der Waals surface area contributed by atoms with Crippen LogP contribution < -0.4 is 5.32 Å². The lowest BCUT2D eigenvalue weighted by molar-refractivity contribution is 0.0947. The highest BCUT2D eigenvalue weighted by Crippen LogP contribution is 2.24. The molecule has 0 saturated heterocycles. The molecule has 13 heavy (non-hydrogen) atoms. The van der Waals surface area contributed by atoms with Gasteiger partial charge in [0.25, 0.3) is 6.43 Å². The molecule has 1 unspecified atom stereocenters. The van der Waals surface area contributed by atoms with Crippen molar-refractivity contribution in [2.45, 2.75) is 58.0 Å². The third-order valence-electron chi connectivity index (χ3n) is 2.89. The van der Waals surface area contributed by atoms with Crippen LogP contribution in [-0.2, 0) is 0 Å². The fourth-order valence-electron chi connectivity index (χ4n) is 1.87. The monoisotopic (exact) mass is 191 g/mol. The Morgan fingerprint density at radius 3 is 2.15 bits per heavy atom. The minimum absolute atomic E-state index is 0.320. The molecule has 3 heteroatoms. The maximum absolute atomic E-state index is 12.2. The van der Waals surface area contributed by atoms with E-state index in [1.165, 1.54) is 12.8 Å². The van der Waals surface area contributed by atoms with Crippen LogP contribution in [0.5, 0.6) is 0 Å². The van der Waals surface area contributed by atoms with Gasteiger partial charge in [-0.2, -0.15) is 0 Å². The van der Waals surface area contributed by atoms with E-state index in [4.69, 9.17) is 0 Å². The first-order chi connectivity index (χ1) is 6.09. The molecule has 0 aromatic heterocycles. The highest BCUT2D eigenvalue weighted by Gasteiger charge is 2.22. The van der Waals surface area contributed by atoms with Crippen LogP contribution in [0.1, 0.15) is 39.5 Å². The Balaban J connectivity index is 2.22. The van der Waals surface area contributed by atoms with E-state index >= 15 is 0 Å². The van der Waals surface area contributed by atoms with Crippen molar-refractivity contribution in [1.82, 2.24) is 5.32 Å². The zero-order valence-electron chi connectivity index (χ0n) is 8.39. The molecule has 0 spiro atoms. The molecule has 1 aliphatic rings. The van der Waals surface area contributed by atoms with Gasteiger partial charge in [-0.05, 0) is 38.5 Å². The second kappa shape index (κ2) is 4.89. The minimum Gasteiger partial charge on any atom is -0.306 e. The molecule has 78 valence electrons. The van der Waals surface area contributed by atoms with Crippen LogP contribution in [-0.4, -0.2) is 18.5 Å². The summed E-state index contributed by atoms with van der Waals surface area (Å²) in [5.74, 6) is 0.778. The summed E-state index contributed by atoms with van der Waals surface area (Å²) in [6.45, 7) is 3.79. The smallest absolute Gasteiger partial charge is 0.253 e. The van der Waals surface area contributed by atoms with E-state index in [9.17, 15) is 8.78 Å². The molecule has 0 bridgehead atoms. The number of hydrogen-bond acceptors (Lipinski definition) is 1. The van der Waals surface area contributed by atoms with Gasteiger partial charge in [-0.3, -0.25) is 0 Å². The zero-order chi connectivity index (χ0) is 9.84. The number of alkyl halides is 2. The van der Waals surface area contributed by atoms with Gasteiger partial charge >= 0.3 is 0 Å². The Hall–Kier alpha value is -0.180. The summed E-state index contributed by atoms with van der Waals surface area (Å²) in [5, 5.41) is 2.99. The van der Waals surface area contributed by atoms with Gasteiger partial charge in [0.2, 0.25) is 0 Å². The molecule has 0 aliphatic heterocycles. The largest absolute Gasteiger partial charge is 0.306 e. The Labute approximate surface area is 78.9 Å². The van der Waals surface area contributed by atoms with Crippen molar-refractivity contribution >= 4 is 0 Å². The SMILES string of the molecule is CC1CCC(NC(C)C(F)F)CC1. The standard InChI is InChI=1S/C10H19F2N/c1-7-3-5-9(6-4-7)13-8(2)10(11)12/h7-10,13H,3-6H2,1-2H3. The van der Waals surface area contributed by atoms with Crippen LogP contribution in [0.25, 0.3) is 0 Å². The predicted molar refractivity (Wildman–Crippen MR) is 50.0 cm³/mol. The second-order valence-electron chi connectivity index (χ2n) is 4.25. The van der Waals surface area contributed by atoms with Gasteiger partial charge in [-0.1, -0.05) is 6.92 Å². The Morgan fingerprint density at radius 1 is 1.15 bits per heavy atom. The fraction of sp³-hybridized carbons (Fsp3) is 1.00. The molecule has 0 radical (unpaired) electrons. The molecule has 1 atom stereocenters. The summed E-state index contributed by atoms with van der Waals surface area (Å²) in [7, 11) is 0. The summed E-state index contributed by atoms with van der Waals surface area (Å²) in [4.78, 5) is 0. The summed E-state index contributed by atoms with van der Waals surface area (Å²) in [6, 6.07) is -0.335. The van der Waals surface area contributed by atoms with Gasteiger partial charge in [0.1, 0.15) is 0 Å². The first-order valence-electron chi connectivity index (χ1n) is 5.13. The average molecular weight is 191 g/mol. The zero-order valence-corrected chi connectivity index (χ0v) is 8.39. The number of rotatable bonds is 3.